The van der Waals surface area contributed by atoms with Gasteiger partial charge in [0.25, 0.3) is 11.9 Å². The number of hydrogen-bond donors (Lipinski definition) is 5. The smallest absolute Gasteiger partial charge is 0.336 e. The third kappa shape index (κ3) is 20.1. The summed E-state index contributed by atoms with van der Waals surface area (Å²) < 4.78 is 32.2. The van der Waals surface area contributed by atoms with Gasteiger partial charge in [-0.15, -0.1) is 12.8 Å². The normalized spacial score (nSPS) is 11.3. The van der Waals surface area contributed by atoms with Crippen molar-refractivity contribution in [2.24, 2.45) is 0 Å². The number of nitrogens with one attached hydrogen (secondary N) is 2. The number of terminal acetylenes is 1. The van der Waals surface area contributed by atoms with E-state index in [1.54, 1.807) is 36.4 Å². The molecule has 4 heterocycles. The molecule has 0 fully saturated rings. The fraction of sp³-hybridized carbons (Fsp3) is 0.130. The van der Waals surface area contributed by atoms with Crippen LogP contribution in [0, 0.1) is 12.8 Å². The Labute approximate surface area is 464 Å². The molecule has 0 bridgehead atoms. The summed E-state index contributed by atoms with van der Waals surface area (Å²) in [7, 11) is 0. The van der Waals surface area contributed by atoms with Crippen LogP contribution in [0.15, 0.2) is 170 Å². The minimum atomic E-state index is -1.03. The second kappa shape index (κ2) is 31.3. The van der Waals surface area contributed by atoms with Gasteiger partial charge in [0.2, 0.25) is 11.8 Å². The summed E-state index contributed by atoms with van der Waals surface area (Å²) in [6, 6.07) is 36.8. The Hall–Kier alpha value is -8.47. The van der Waals surface area contributed by atoms with Crippen molar-refractivity contribution in [2.45, 2.75) is 46.7 Å². The van der Waals surface area contributed by atoms with Gasteiger partial charge in [0.05, 0.1) is 8.95 Å². The number of amides is 2. The largest absolute Gasteiger partial charge is 0.507 e. The molecule has 0 spiro atoms. The number of benzene rings is 5. The fourth-order valence-electron chi connectivity index (χ4n) is 6.23. The van der Waals surface area contributed by atoms with Crippen molar-refractivity contribution in [1.82, 2.24) is 10.6 Å². The van der Waals surface area contributed by atoms with Crippen LogP contribution in [-0.4, -0.2) is 51.0 Å². The van der Waals surface area contributed by atoms with Crippen LogP contribution in [0.1, 0.15) is 51.7 Å². The maximum atomic E-state index is 12.5. The van der Waals surface area contributed by atoms with Crippen LogP contribution in [0.25, 0.3) is 32.9 Å². The number of aliphatic carboxylic acids is 2. The van der Waals surface area contributed by atoms with Gasteiger partial charge >= 0.3 is 28.8 Å². The first-order chi connectivity index (χ1) is 35.7. The number of carbonyl (C=O) groups is 6. The topological polar surface area (TPSA) is 296 Å². The zero-order valence-electron chi connectivity index (χ0n) is 40.1. The van der Waals surface area contributed by atoms with Gasteiger partial charge in [0.15, 0.2) is 5.92 Å². The Kier molecular flexibility index (Phi) is 25.5. The van der Waals surface area contributed by atoms with Crippen LogP contribution < -0.4 is 37.0 Å². The van der Waals surface area contributed by atoms with Crippen LogP contribution in [-0.2, 0) is 62.3 Å². The molecule has 398 valence electrons. The quantitative estimate of drug-likeness (QED) is 0.0237. The summed E-state index contributed by atoms with van der Waals surface area (Å²) >= 11 is 6.46. The minimum Gasteiger partial charge on any atom is -0.507 e. The number of aromatic hydroxyl groups is 1. The number of phenolic OH excluding ortho intramolecular Hbond substituents is 1. The van der Waals surface area contributed by atoms with Gasteiger partial charge < -0.3 is 48.7 Å². The van der Waals surface area contributed by atoms with Crippen molar-refractivity contribution < 1.29 is 88.6 Å². The number of carboxylic acids is 2. The fourth-order valence-corrected chi connectivity index (χ4v) is 7.03. The maximum Gasteiger partial charge on any atom is 0.336 e. The Bertz CT molecular complexity index is 3560. The van der Waals surface area contributed by atoms with Crippen molar-refractivity contribution in [3.8, 4) is 30.1 Å². The van der Waals surface area contributed by atoms with Crippen LogP contribution >= 0.6 is 31.9 Å². The van der Waals surface area contributed by atoms with E-state index in [0.29, 0.717) is 49.5 Å². The number of hydrogen-bond acceptors (Lipinski definition) is 15. The molecule has 1 unspecified atom stereocenters. The molecule has 3 aromatic heterocycles. The van der Waals surface area contributed by atoms with E-state index in [1.165, 1.54) is 42.8 Å². The van der Waals surface area contributed by atoms with E-state index in [4.69, 9.17) is 43.9 Å². The Balaban J connectivity index is 0.000000368. The van der Waals surface area contributed by atoms with Crippen LogP contribution in [0.5, 0.6) is 17.2 Å². The minimum absolute atomic E-state index is 0. The SMILES string of the molecule is C.CC(=O)O.CC(=O)O.O=C(CC(=O)Oc1cc2oc(=O)ccc2cc1Br)NCc1ccccc1.O=C(NCc1ccccc1)C1C(=O)Oc2cc3oc(=O)ccc3cc21.O=c1ccc2cc(Br)c(O)cc2o1.[2H]C#C.[Pd]. The molecule has 0 saturated heterocycles. The average molecular weight is 1260 g/mol. The monoisotopic (exact) mass is 1260 g/mol. The summed E-state index contributed by atoms with van der Waals surface area (Å²) in [4.78, 5) is 99.9. The van der Waals surface area contributed by atoms with Gasteiger partial charge in [-0.05, 0) is 79.4 Å². The number of carbonyl (C=O) groups excluding carboxylic acids is 4. The second-order valence-electron chi connectivity index (χ2n) is 14.9. The first-order valence-electron chi connectivity index (χ1n) is 21.7. The molecule has 1 aliphatic rings. The molecule has 0 aliphatic carbocycles. The van der Waals surface area contributed by atoms with Crippen molar-refractivity contribution in [2.75, 3.05) is 0 Å². The van der Waals surface area contributed by atoms with Gasteiger partial charge in [0.1, 0.15) is 41.8 Å². The van der Waals surface area contributed by atoms with Gasteiger partial charge in [-0.2, -0.15) is 0 Å². The van der Waals surface area contributed by atoms with Gasteiger partial charge in [-0.1, -0.05) is 68.1 Å². The number of rotatable bonds is 8. The number of carboxylic acid groups (broad SMARTS) is 2. The first-order valence-corrected chi connectivity index (χ1v) is 22.8. The number of fused-ring (bicyclic) bond motifs is 4. The van der Waals surface area contributed by atoms with Crippen LogP contribution in [0.3, 0.4) is 0 Å². The summed E-state index contributed by atoms with van der Waals surface area (Å²) in [6.07, 6.45) is 5.34. The van der Waals surface area contributed by atoms with E-state index < -0.39 is 64.9 Å². The summed E-state index contributed by atoms with van der Waals surface area (Å²) in [5, 5.41) is 31.6. The molecule has 1 atom stereocenters. The summed E-state index contributed by atoms with van der Waals surface area (Å²) in [5.74, 6) is -4.45. The van der Waals surface area contributed by atoms with E-state index in [-0.39, 0.29) is 50.7 Å². The molecule has 8 aromatic rings. The van der Waals surface area contributed by atoms with E-state index in [9.17, 15) is 38.7 Å². The molecule has 22 heteroatoms. The van der Waals surface area contributed by atoms with E-state index in [1.807, 2.05) is 60.7 Å². The molecule has 19 nitrogen and oxygen atoms in total. The van der Waals surface area contributed by atoms with Crippen molar-refractivity contribution >= 4 is 100 Å². The number of ether oxygens (including phenoxy) is 2. The second-order valence-corrected chi connectivity index (χ2v) is 16.6. The van der Waals surface area contributed by atoms with E-state index in [0.717, 1.165) is 30.4 Å². The van der Waals surface area contributed by atoms with E-state index in [2.05, 4.69) is 48.9 Å². The molecule has 0 radical (unpaired) electrons. The van der Waals surface area contributed by atoms with Gasteiger partial charge in [-0.25, -0.2) is 14.4 Å². The molecule has 1 aliphatic heterocycles. The van der Waals surface area contributed by atoms with Crippen molar-refractivity contribution in [3.63, 3.8) is 0 Å². The Morgan fingerprint density at radius 1 is 0.645 bits per heavy atom. The molecule has 76 heavy (non-hydrogen) atoms. The molecule has 9 rings (SSSR count). The summed E-state index contributed by atoms with van der Waals surface area (Å²) in [6.45, 7) is 2.82. The predicted octanol–water partition coefficient (Wildman–Crippen LogP) is 8.61. The first kappa shape index (κ1) is 61.8. The molecule has 5 aromatic carbocycles. The molecular weight excluding hydrogens is 1210 g/mol. The predicted molar refractivity (Wildman–Crippen MR) is 283 cm³/mol. The Morgan fingerprint density at radius 3 is 1.55 bits per heavy atom. The standard InChI is InChI=1S/C19H14BrNO5.C19H13NO5.C9H5BrO3.2C2H4O2.C2H2.CH4.Pd/c20-14-8-13-6-7-18(23)25-15(13)9-16(14)26-19(24)10-17(22)21-11-12-4-2-1-3-5-12;21-16-7-6-12-8-13-15(9-14(12)24-16)25-19(23)17(13)18(22)20-10-11-4-2-1-3-5-11;10-6-3-5-1-2-9(12)13-8(5)4-7(6)11;2*1-2(3)4;1-2;;/h1-9H,10-11H2,(H,21,22);1-9,17H,10H2,(H,20,22);1-4,11H;2*1H3,(H,3,4);1-2H;1H4;/i;;;;;1D;;. The number of esters is 2. The molecule has 5 N–H and O–H groups in total. The average Bonchev–Trinajstić information content (AvgIpc) is 3.67. The maximum absolute atomic E-state index is 12.5. The molecule has 0 saturated carbocycles. The number of phenols is 1. The molecule has 2 amide bonds. The third-order valence-corrected chi connectivity index (χ3v) is 10.6. The Morgan fingerprint density at radius 2 is 1.07 bits per heavy atom. The number of halogens is 2. The van der Waals surface area contributed by atoms with E-state index >= 15 is 0 Å². The zero-order valence-corrected chi connectivity index (χ0v) is 43.8. The summed E-state index contributed by atoms with van der Waals surface area (Å²) in [5.41, 5.74) is 1.90. The van der Waals surface area contributed by atoms with Crippen LogP contribution in [0.2, 0.25) is 0 Å². The van der Waals surface area contributed by atoms with Crippen molar-refractivity contribution in [3.05, 3.63) is 190 Å². The zero-order chi connectivity index (χ0) is 55.2. The van der Waals surface area contributed by atoms with Crippen molar-refractivity contribution in [1.29, 1.82) is 0 Å². The van der Waals surface area contributed by atoms with Crippen LogP contribution in [0.4, 0.5) is 0 Å². The third-order valence-electron chi connectivity index (χ3n) is 9.30. The van der Waals surface area contributed by atoms with Gasteiger partial charge in [0, 0.05) is 105 Å². The molecular formula is C54H46Br2N2O17Pd. The van der Waals surface area contributed by atoms with Gasteiger partial charge in [-0.3, -0.25) is 28.8 Å².